The van der Waals surface area contributed by atoms with E-state index < -0.39 is 5.92 Å². The van der Waals surface area contributed by atoms with E-state index in [0.717, 1.165) is 61.6 Å². The molecule has 6 nitrogen and oxygen atoms in total. The molecule has 1 N–H and O–H groups in total. The molecular formula is C33H37F2N5O. The van der Waals surface area contributed by atoms with Gasteiger partial charge in [0.1, 0.15) is 0 Å². The fraction of sp³-hybridized carbons (Fsp3) is 0.394. The predicted molar refractivity (Wildman–Crippen MR) is 160 cm³/mol. The number of aryl methyl sites for hydroxylation is 1. The average Bonchev–Trinajstić information content (AvgIpc) is 3.23. The van der Waals surface area contributed by atoms with Crippen LogP contribution in [0.2, 0.25) is 0 Å². The maximum Gasteiger partial charge on any atom is 0.275 e. The summed E-state index contributed by atoms with van der Waals surface area (Å²) in [6.45, 7) is 11.2. The lowest BCUT2D eigenvalue weighted by Crippen LogP contribution is -2.45. The molecule has 1 aromatic heterocycles. The van der Waals surface area contributed by atoms with Gasteiger partial charge in [-0.25, -0.2) is 8.78 Å². The molecule has 8 heteroatoms. The number of alkyl halides is 2. The number of rotatable bonds is 6. The molecule has 1 aliphatic carbocycles. The minimum Gasteiger partial charge on any atom is -0.371 e. The van der Waals surface area contributed by atoms with Gasteiger partial charge >= 0.3 is 0 Å². The van der Waals surface area contributed by atoms with Crippen molar-refractivity contribution in [3.05, 3.63) is 88.2 Å². The number of halogens is 2. The van der Waals surface area contributed by atoms with Crippen molar-refractivity contribution in [3.63, 3.8) is 0 Å². The zero-order valence-corrected chi connectivity index (χ0v) is 24.2. The number of hydrogen-bond donors (Lipinski definition) is 1. The van der Waals surface area contributed by atoms with Crippen LogP contribution in [-0.4, -0.2) is 67.0 Å². The summed E-state index contributed by atoms with van der Waals surface area (Å²) in [6, 6.07) is 11.9. The molecule has 2 aliphatic rings. The molecule has 0 radical (unpaired) electrons. The first-order chi connectivity index (χ1) is 19.7. The van der Waals surface area contributed by atoms with Crippen molar-refractivity contribution in [2.75, 3.05) is 56.5 Å². The van der Waals surface area contributed by atoms with Gasteiger partial charge in [-0.3, -0.25) is 14.7 Å². The summed E-state index contributed by atoms with van der Waals surface area (Å²) in [6.07, 6.45) is 3.33. The van der Waals surface area contributed by atoms with Crippen LogP contribution in [0.5, 0.6) is 0 Å². The number of aromatic nitrogens is 1. The Morgan fingerprint density at radius 1 is 1.05 bits per heavy atom. The van der Waals surface area contributed by atoms with Crippen LogP contribution in [0.4, 0.5) is 20.2 Å². The van der Waals surface area contributed by atoms with Crippen molar-refractivity contribution < 1.29 is 13.6 Å². The average molecular weight is 558 g/mol. The Kier molecular flexibility index (Phi) is 8.39. The van der Waals surface area contributed by atoms with Crippen LogP contribution in [0.3, 0.4) is 0 Å². The smallest absolute Gasteiger partial charge is 0.275 e. The predicted octanol–water partition coefficient (Wildman–Crippen LogP) is 5.67. The first-order valence-electron chi connectivity index (χ1n) is 14.3. The van der Waals surface area contributed by atoms with Crippen LogP contribution in [0.15, 0.2) is 54.9 Å². The topological polar surface area (TPSA) is 51.7 Å². The van der Waals surface area contributed by atoms with Gasteiger partial charge in [0.05, 0.1) is 11.9 Å². The van der Waals surface area contributed by atoms with Crippen LogP contribution < -0.4 is 10.2 Å². The van der Waals surface area contributed by atoms with E-state index >= 15 is 8.78 Å². The van der Waals surface area contributed by atoms with E-state index in [1.165, 1.54) is 6.07 Å². The Morgan fingerprint density at radius 2 is 1.80 bits per heavy atom. The maximum atomic E-state index is 15.1. The Hall–Kier alpha value is -3.80. The Bertz CT molecular complexity index is 1480. The van der Waals surface area contributed by atoms with E-state index in [9.17, 15) is 4.79 Å². The number of carbonyl (C=O) groups is 1. The molecule has 214 valence electrons. The van der Waals surface area contributed by atoms with Gasteiger partial charge in [-0.05, 0) is 69.3 Å². The molecule has 2 aromatic carbocycles. The number of benzene rings is 2. The Labute approximate surface area is 241 Å². The number of fused-ring (bicyclic) bond motifs is 1. The molecule has 3 aromatic rings. The maximum absolute atomic E-state index is 15.1. The first kappa shape index (κ1) is 28.7. The van der Waals surface area contributed by atoms with Gasteiger partial charge in [0.25, 0.3) is 11.8 Å². The van der Waals surface area contributed by atoms with Gasteiger partial charge < -0.3 is 15.1 Å². The van der Waals surface area contributed by atoms with Crippen LogP contribution in [-0.2, 0) is 5.92 Å². The summed E-state index contributed by atoms with van der Waals surface area (Å²) < 4.78 is 30.2. The number of nitrogens with one attached hydrogen (secondary N) is 1. The number of anilines is 2. The van der Waals surface area contributed by atoms with Gasteiger partial charge in [-0.2, -0.15) is 0 Å². The van der Waals surface area contributed by atoms with Crippen LogP contribution in [0, 0.1) is 18.8 Å². The summed E-state index contributed by atoms with van der Waals surface area (Å²) >= 11 is 0. The lowest BCUT2D eigenvalue weighted by Gasteiger charge is -2.36. The first-order valence-corrected chi connectivity index (χ1v) is 14.3. The number of likely N-dealkylation sites (N-methyl/N-ethyl adjacent to an activating group) is 1. The fourth-order valence-corrected chi connectivity index (χ4v) is 5.66. The molecule has 1 atom stereocenters. The van der Waals surface area contributed by atoms with Gasteiger partial charge in [-0.1, -0.05) is 24.0 Å². The molecule has 1 aliphatic heterocycles. The quantitative estimate of drug-likeness (QED) is 0.396. The van der Waals surface area contributed by atoms with E-state index in [-0.39, 0.29) is 23.9 Å². The highest BCUT2D eigenvalue weighted by atomic mass is 19.3. The number of amides is 1. The summed E-state index contributed by atoms with van der Waals surface area (Å²) in [7, 11) is 2.05. The van der Waals surface area contributed by atoms with Crippen LogP contribution >= 0.6 is 0 Å². The molecule has 0 bridgehead atoms. The summed E-state index contributed by atoms with van der Waals surface area (Å²) in [4.78, 5) is 24.1. The van der Waals surface area contributed by atoms with Gasteiger partial charge in [0, 0.05) is 85.9 Å². The standard InChI is InChI=1S/C33H37F2N5O/c1-5-39(6-2)28-17-24(21-36-22-28)8-10-25-18-26(9-7-23(25)3)32(41)37-27-11-12-29-30(19-27)33(34,35)20-31(29)40-15-13-38(4)14-16-40/h7,9,11-12,17-19,21-22,31H,5-6,13-16,20H2,1-4H3,(H,37,41). The molecule has 1 unspecified atom stereocenters. The zero-order chi connectivity index (χ0) is 29.1. The molecular weight excluding hydrogens is 520 g/mol. The minimum absolute atomic E-state index is 0.00948. The molecule has 1 amide bonds. The van der Waals surface area contributed by atoms with E-state index in [1.54, 1.807) is 30.5 Å². The number of carbonyl (C=O) groups excluding carboxylic acids is 1. The van der Waals surface area contributed by atoms with Crippen molar-refractivity contribution in [1.82, 2.24) is 14.8 Å². The molecule has 1 fully saturated rings. The van der Waals surface area contributed by atoms with Crippen molar-refractivity contribution in [3.8, 4) is 11.8 Å². The number of pyridine rings is 1. The van der Waals surface area contributed by atoms with Gasteiger partial charge in [0.15, 0.2) is 0 Å². The molecule has 2 heterocycles. The molecule has 1 saturated heterocycles. The van der Waals surface area contributed by atoms with Crippen LogP contribution in [0.25, 0.3) is 0 Å². The Balaban J connectivity index is 1.33. The lowest BCUT2D eigenvalue weighted by atomic mass is 10.0. The van der Waals surface area contributed by atoms with Gasteiger partial charge in [0.2, 0.25) is 0 Å². The number of piperazine rings is 1. The molecule has 5 rings (SSSR count). The molecule has 41 heavy (non-hydrogen) atoms. The van der Waals surface area contributed by atoms with E-state index in [0.29, 0.717) is 16.8 Å². The normalized spacial score (nSPS) is 18.3. The zero-order valence-electron chi connectivity index (χ0n) is 24.2. The third-order valence-electron chi connectivity index (χ3n) is 8.19. The van der Waals surface area contributed by atoms with Gasteiger partial charge in [-0.15, -0.1) is 0 Å². The second-order valence-corrected chi connectivity index (χ2v) is 10.9. The highest BCUT2D eigenvalue weighted by Crippen LogP contribution is 2.50. The summed E-state index contributed by atoms with van der Waals surface area (Å²) in [5.74, 6) is 3.05. The molecule has 0 spiro atoms. The third-order valence-corrected chi connectivity index (χ3v) is 8.19. The van der Waals surface area contributed by atoms with E-state index in [2.05, 4.69) is 57.7 Å². The summed E-state index contributed by atoms with van der Waals surface area (Å²) in [5.41, 5.74) is 4.91. The van der Waals surface area contributed by atoms with Crippen molar-refractivity contribution in [2.45, 2.75) is 39.2 Å². The van der Waals surface area contributed by atoms with Crippen molar-refractivity contribution >= 4 is 17.3 Å². The minimum atomic E-state index is -2.94. The molecule has 0 saturated carbocycles. The van der Waals surface area contributed by atoms with Crippen LogP contribution in [0.1, 0.15) is 64.5 Å². The largest absolute Gasteiger partial charge is 0.371 e. The second-order valence-electron chi connectivity index (χ2n) is 10.9. The van der Waals surface area contributed by atoms with E-state index in [1.807, 2.05) is 25.3 Å². The monoisotopic (exact) mass is 557 g/mol. The Morgan fingerprint density at radius 3 is 2.54 bits per heavy atom. The number of hydrogen-bond acceptors (Lipinski definition) is 5. The van der Waals surface area contributed by atoms with Crippen molar-refractivity contribution in [2.24, 2.45) is 0 Å². The summed E-state index contributed by atoms with van der Waals surface area (Å²) in [5, 5.41) is 2.82. The fourth-order valence-electron chi connectivity index (χ4n) is 5.66. The highest BCUT2D eigenvalue weighted by Gasteiger charge is 2.47. The van der Waals surface area contributed by atoms with E-state index in [4.69, 9.17) is 0 Å². The SMILES string of the molecule is CCN(CC)c1cncc(C#Cc2cc(C(=O)Nc3ccc4c(c3)C(F)(F)CC4N3CCN(C)CC3)ccc2C)c1. The second kappa shape index (κ2) is 12.0. The number of nitrogens with zero attached hydrogens (tertiary/aromatic N) is 4. The lowest BCUT2D eigenvalue weighted by molar-refractivity contribution is -0.0257. The van der Waals surface area contributed by atoms with Crippen molar-refractivity contribution in [1.29, 1.82) is 0 Å². The highest BCUT2D eigenvalue weighted by molar-refractivity contribution is 6.04. The third kappa shape index (κ3) is 6.27.